The molecule has 0 fully saturated rings. The van der Waals surface area contributed by atoms with E-state index in [9.17, 15) is 9.59 Å². The molecule has 1 heterocycles. The van der Waals surface area contributed by atoms with Gasteiger partial charge in [0.2, 0.25) is 11.9 Å². The maximum Gasteiger partial charge on any atom is 0.269 e. The molecule has 0 aliphatic heterocycles. The van der Waals surface area contributed by atoms with Gasteiger partial charge in [-0.05, 0) is 34.0 Å². The van der Waals surface area contributed by atoms with Gasteiger partial charge >= 0.3 is 0 Å². The largest absolute Gasteiger partial charge is 0.351 e. The maximum absolute atomic E-state index is 12.7. The highest BCUT2D eigenvalue weighted by Gasteiger charge is 2.15. The zero-order valence-corrected chi connectivity index (χ0v) is 17.1. The highest BCUT2D eigenvalue weighted by atomic mass is 79.9. The lowest BCUT2D eigenvalue weighted by Crippen LogP contribution is -2.34. The van der Waals surface area contributed by atoms with Crippen LogP contribution in [0.5, 0.6) is 0 Å². The summed E-state index contributed by atoms with van der Waals surface area (Å²) in [5.41, 5.74) is 2.32. The predicted molar refractivity (Wildman–Crippen MR) is 113 cm³/mol. The second kappa shape index (κ2) is 9.32. The van der Waals surface area contributed by atoms with Crippen molar-refractivity contribution in [3.8, 4) is 0 Å². The molecule has 0 aliphatic rings. The first kappa shape index (κ1) is 19.8. The van der Waals surface area contributed by atoms with E-state index in [1.807, 2.05) is 60.7 Å². The van der Waals surface area contributed by atoms with E-state index in [-0.39, 0.29) is 18.0 Å². The number of amides is 1. The Morgan fingerprint density at radius 2 is 1.57 bits per heavy atom. The van der Waals surface area contributed by atoms with Crippen LogP contribution in [0.4, 0.5) is 5.95 Å². The molecule has 0 atom stereocenters. The molecule has 0 saturated heterocycles. The third-order valence-corrected chi connectivity index (χ3v) is 5.12. The summed E-state index contributed by atoms with van der Waals surface area (Å²) in [6.45, 7) is 2.54. The van der Waals surface area contributed by atoms with Crippen molar-refractivity contribution in [2.75, 3.05) is 5.32 Å². The number of hydrogen-bond acceptors (Lipinski definition) is 4. The van der Waals surface area contributed by atoms with Crippen LogP contribution in [0.15, 0.2) is 69.9 Å². The number of aryl methyl sites for hydroxylation is 1. The van der Waals surface area contributed by atoms with Gasteiger partial charge in [0, 0.05) is 13.1 Å². The Kier molecular flexibility index (Phi) is 6.60. The van der Waals surface area contributed by atoms with E-state index in [0.29, 0.717) is 29.2 Å². The van der Waals surface area contributed by atoms with Crippen LogP contribution in [0.1, 0.15) is 16.8 Å². The number of halogens is 1. The lowest BCUT2D eigenvalue weighted by molar-refractivity contribution is -0.121. The van der Waals surface area contributed by atoms with Gasteiger partial charge in [0.15, 0.2) is 0 Å². The van der Waals surface area contributed by atoms with Gasteiger partial charge in [0.05, 0.1) is 5.69 Å². The standard InChI is InChI=1S/C21H21BrN4O2/c1-15-19(22)20(28)26(14-18(27)23-12-16-8-4-2-5-9-16)21(25-15)24-13-17-10-6-3-7-11-17/h2-11H,12-14H2,1H3,(H,23,27)(H,24,25). The molecule has 0 aliphatic carbocycles. The van der Waals surface area contributed by atoms with Crippen LogP contribution in [-0.2, 0) is 24.4 Å². The third kappa shape index (κ3) is 5.07. The van der Waals surface area contributed by atoms with Crippen LogP contribution >= 0.6 is 15.9 Å². The van der Waals surface area contributed by atoms with Crippen molar-refractivity contribution in [1.82, 2.24) is 14.9 Å². The van der Waals surface area contributed by atoms with E-state index in [1.165, 1.54) is 4.57 Å². The number of aromatic nitrogens is 2. The molecule has 6 nitrogen and oxygen atoms in total. The number of anilines is 1. The van der Waals surface area contributed by atoms with E-state index in [0.717, 1.165) is 11.1 Å². The van der Waals surface area contributed by atoms with Gasteiger partial charge < -0.3 is 10.6 Å². The highest BCUT2D eigenvalue weighted by molar-refractivity contribution is 9.10. The van der Waals surface area contributed by atoms with Gasteiger partial charge in [-0.2, -0.15) is 0 Å². The average molecular weight is 441 g/mol. The van der Waals surface area contributed by atoms with E-state index >= 15 is 0 Å². The Morgan fingerprint density at radius 1 is 1.00 bits per heavy atom. The van der Waals surface area contributed by atoms with Crippen LogP contribution in [0, 0.1) is 6.92 Å². The van der Waals surface area contributed by atoms with Crippen LogP contribution in [0.3, 0.4) is 0 Å². The number of rotatable bonds is 7. The minimum atomic E-state index is -0.294. The number of carbonyl (C=O) groups excluding carboxylic acids is 1. The molecule has 2 aromatic carbocycles. The molecule has 1 aromatic heterocycles. The van der Waals surface area contributed by atoms with Crippen LogP contribution in [-0.4, -0.2) is 15.5 Å². The molecule has 3 rings (SSSR count). The summed E-state index contributed by atoms with van der Waals surface area (Å²) in [5.74, 6) is 0.107. The van der Waals surface area contributed by atoms with Crippen molar-refractivity contribution in [2.45, 2.75) is 26.6 Å². The molecule has 0 radical (unpaired) electrons. The van der Waals surface area contributed by atoms with E-state index in [4.69, 9.17) is 0 Å². The van der Waals surface area contributed by atoms with E-state index in [1.54, 1.807) is 6.92 Å². The summed E-state index contributed by atoms with van der Waals surface area (Å²) in [6, 6.07) is 19.4. The van der Waals surface area contributed by atoms with Crippen molar-refractivity contribution < 1.29 is 4.79 Å². The SMILES string of the molecule is Cc1nc(NCc2ccccc2)n(CC(=O)NCc2ccccc2)c(=O)c1Br. The summed E-state index contributed by atoms with van der Waals surface area (Å²) in [5, 5.41) is 6.01. The van der Waals surface area contributed by atoms with Gasteiger partial charge in [-0.3, -0.25) is 14.2 Å². The van der Waals surface area contributed by atoms with Gasteiger partial charge in [-0.15, -0.1) is 0 Å². The zero-order chi connectivity index (χ0) is 19.9. The molecule has 3 aromatic rings. The minimum Gasteiger partial charge on any atom is -0.351 e. The second-order valence-electron chi connectivity index (χ2n) is 6.33. The first-order valence-electron chi connectivity index (χ1n) is 8.90. The molecule has 0 unspecified atom stereocenters. The van der Waals surface area contributed by atoms with Crippen LogP contribution in [0.25, 0.3) is 0 Å². The van der Waals surface area contributed by atoms with Crippen molar-refractivity contribution in [2.24, 2.45) is 0 Å². The van der Waals surface area contributed by atoms with Crippen molar-refractivity contribution in [3.63, 3.8) is 0 Å². The lowest BCUT2D eigenvalue weighted by Gasteiger charge is -2.15. The van der Waals surface area contributed by atoms with Crippen molar-refractivity contribution in [1.29, 1.82) is 0 Å². The molecule has 2 N–H and O–H groups in total. The molecular weight excluding hydrogens is 420 g/mol. The average Bonchev–Trinajstić information content (AvgIpc) is 2.73. The van der Waals surface area contributed by atoms with Crippen molar-refractivity contribution in [3.05, 3.63) is 92.3 Å². The monoisotopic (exact) mass is 440 g/mol. The zero-order valence-electron chi connectivity index (χ0n) is 15.5. The fourth-order valence-electron chi connectivity index (χ4n) is 2.69. The quantitative estimate of drug-likeness (QED) is 0.591. The molecular formula is C21H21BrN4O2. The predicted octanol–water partition coefficient (Wildman–Crippen LogP) is 3.24. The number of nitrogens with zero attached hydrogens (tertiary/aromatic N) is 2. The van der Waals surface area contributed by atoms with Gasteiger partial charge in [0.1, 0.15) is 11.0 Å². The first-order chi connectivity index (χ1) is 13.5. The smallest absolute Gasteiger partial charge is 0.269 e. The molecule has 0 bridgehead atoms. The van der Waals surface area contributed by atoms with E-state index in [2.05, 4.69) is 31.5 Å². The van der Waals surface area contributed by atoms with Crippen molar-refractivity contribution >= 4 is 27.8 Å². The minimum absolute atomic E-state index is 0.116. The number of nitrogens with one attached hydrogen (secondary N) is 2. The summed E-state index contributed by atoms with van der Waals surface area (Å²) < 4.78 is 1.70. The molecule has 7 heteroatoms. The summed E-state index contributed by atoms with van der Waals surface area (Å²) in [4.78, 5) is 29.6. The van der Waals surface area contributed by atoms with Crippen LogP contribution < -0.4 is 16.2 Å². The molecule has 144 valence electrons. The summed E-state index contributed by atoms with van der Waals surface area (Å²) in [6.07, 6.45) is 0. The molecule has 0 spiro atoms. The fraction of sp³-hybridized carbons (Fsp3) is 0.190. The topological polar surface area (TPSA) is 76.0 Å². The molecule has 0 saturated carbocycles. The highest BCUT2D eigenvalue weighted by Crippen LogP contribution is 2.13. The van der Waals surface area contributed by atoms with Gasteiger partial charge in [0.25, 0.3) is 5.56 Å². The lowest BCUT2D eigenvalue weighted by atomic mass is 10.2. The van der Waals surface area contributed by atoms with Gasteiger partial charge in [-0.1, -0.05) is 60.7 Å². The number of hydrogen-bond donors (Lipinski definition) is 2. The Labute approximate surface area is 171 Å². The fourth-order valence-corrected chi connectivity index (χ4v) is 3.00. The number of benzene rings is 2. The Bertz CT molecular complexity index is 1000. The molecule has 28 heavy (non-hydrogen) atoms. The molecule has 1 amide bonds. The summed E-state index contributed by atoms with van der Waals surface area (Å²) >= 11 is 3.27. The number of carbonyl (C=O) groups is 1. The van der Waals surface area contributed by atoms with Crippen LogP contribution in [0.2, 0.25) is 0 Å². The first-order valence-corrected chi connectivity index (χ1v) is 9.69. The maximum atomic E-state index is 12.7. The third-order valence-electron chi connectivity index (χ3n) is 4.21. The van der Waals surface area contributed by atoms with E-state index < -0.39 is 0 Å². The normalized spacial score (nSPS) is 10.5. The second-order valence-corrected chi connectivity index (χ2v) is 7.12. The Balaban J connectivity index is 1.75. The van der Waals surface area contributed by atoms with Gasteiger partial charge in [-0.25, -0.2) is 4.98 Å². The Morgan fingerprint density at radius 3 is 2.18 bits per heavy atom. The Hall–Kier alpha value is -2.93. The summed E-state index contributed by atoms with van der Waals surface area (Å²) in [7, 11) is 0.